The summed E-state index contributed by atoms with van der Waals surface area (Å²) in [5.74, 6) is 0.201. The lowest BCUT2D eigenvalue weighted by atomic mass is 10.1. The number of nitrogens with zero attached hydrogens (tertiary/aromatic N) is 3. The zero-order valence-electron chi connectivity index (χ0n) is 16.6. The molecule has 0 aliphatic heterocycles. The second kappa shape index (κ2) is 8.92. The van der Waals surface area contributed by atoms with Gasteiger partial charge in [0, 0.05) is 49.4 Å². The van der Waals surface area contributed by atoms with Crippen molar-refractivity contribution in [2.45, 2.75) is 13.5 Å². The Labute approximate surface area is 174 Å². The van der Waals surface area contributed by atoms with Crippen molar-refractivity contribution in [2.24, 2.45) is 0 Å². The van der Waals surface area contributed by atoms with Gasteiger partial charge >= 0.3 is 0 Å². The number of aromatic nitrogens is 1. The molecule has 1 heterocycles. The van der Waals surface area contributed by atoms with E-state index in [9.17, 15) is 9.59 Å². The summed E-state index contributed by atoms with van der Waals surface area (Å²) >= 11 is 6.01. The zero-order chi connectivity index (χ0) is 21.0. The molecule has 0 N–H and O–H groups in total. The minimum absolute atomic E-state index is 0.0592. The fraction of sp³-hybridized carbons (Fsp3) is 0.227. The average Bonchev–Trinajstić information content (AvgIpc) is 3.21. The molecule has 0 atom stereocenters. The lowest BCUT2D eigenvalue weighted by Gasteiger charge is -2.20. The minimum atomic E-state index is -0.224. The van der Waals surface area contributed by atoms with Gasteiger partial charge in [0.25, 0.3) is 11.8 Å². The number of carbonyl (C=O) groups excluding carboxylic acids is 2. The van der Waals surface area contributed by atoms with E-state index >= 15 is 0 Å². The van der Waals surface area contributed by atoms with Gasteiger partial charge in [0.2, 0.25) is 0 Å². The van der Waals surface area contributed by atoms with Crippen LogP contribution in [0.5, 0.6) is 0 Å². The molecule has 1 aromatic heterocycles. The van der Waals surface area contributed by atoms with E-state index in [-0.39, 0.29) is 17.5 Å². The van der Waals surface area contributed by atoms with Crippen molar-refractivity contribution in [1.82, 2.24) is 15.0 Å². The molecule has 0 saturated heterocycles. The van der Waals surface area contributed by atoms with Gasteiger partial charge in [-0.05, 0) is 36.8 Å². The Morgan fingerprint density at radius 1 is 1.03 bits per heavy atom. The number of benzene rings is 2. The number of halogens is 1. The molecule has 0 aliphatic rings. The molecular formula is C22H22ClN3O3. The van der Waals surface area contributed by atoms with Crippen LogP contribution in [0.1, 0.15) is 33.3 Å². The van der Waals surface area contributed by atoms with E-state index in [1.54, 1.807) is 49.3 Å². The first-order valence-electron chi connectivity index (χ1n) is 9.21. The molecule has 0 bridgehead atoms. The molecule has 0 radical (unpaired) electrons. The largest absolute Gasteiger partial charge is 0.355 e. The number of carbonyl (C=O) groups is 2. The Bertz CT molecular complexity index is 1010. The lowest BCUT2D eigenvalue weighted by molar-refractivity contribution is 0.0741. The molecular weight excluding hydrogens is 390 g/mol. The van der Waals surface area contributed by atoms with E-state index in [0.717, 1.165) is 11.1 Å². The van der Waals surface area contributed by atoms with Crippen molar-refractivity contribution in [1.29, 1.82) is 0 Å². The molecule has 6 nitrogen and oxygen atoms in total. The molecule has 0 unspecified atom stereocenters. The highest BCUT2D eigenvalue weighted by Crippen LogP contribution is 2.24. The molecule has 29 heavy (non-hydrogen) atoms. The Balaban J connectivity index is 1.73. The molecule has 0 aliphatic carbocycles. The second-order valence-electron chi connectivity index (χ2n) is 6.80. The highest BCUT2D eigenvalue weighted by Gasteiger charge is 2.20. The van der Waals surface area contributed by atoms with E-state index in [4.69, 9.17) is 16.1 Å². The second-order valence-corrected chi connectivity index (χ2v) is 7.24. The summed E-state index contributed by atoms with van der Waals surface area (Å²) < 4.78 is 5.34. The van der Waals surface area contributed by atoms with Crippen molar-refractivity contribution in [3.8, 4) is 11.3 Å². The SMILES string of the molecule is CCN(Cc1ccc(C(=O)N(C)C)cc1)C(=O)c1cc(-c2cccc(Cl)c2)on1. The predicted molar refractivity (Wildman–Crippen MR) is 112 cm³/mol. The van der Waals surface area contributed by atoms with Crippen molar-refractivity contribution in [2.75, 3.05) is 20.6 Å². The van der Waals surface area contributed by atoms with Gasteiger partial charge in [-0.15, -0.1) is 0 Å². The molecule has 2 aromatic carbocycles. The van der Waals surface area contributed by atoms with Crippen LogP contribution in [0.2, 0.25) is 5.02 Å². The van der Waals surface area contributed by atoms with Crippen molar-refractivity contribution < 1.29 is 14.1 Å². The van der Waals surface area contributed by atoms with Crippen LogP contribution in [-0.4, -0.2) is 47.4 Å². The first-order chi connectivity index (χ1) is 13.9. The van der Waals surface area contributed by atoms with Crippen LogP contribution in [0.15, 0.2) is 59.1 Å². The maximum Gasteiger partial charge on any atom is 0.276 e. The summed E-state index contributed by atoms with van der Waals surface area (Å²) in [7, 11) is 3.42. The van der Waals surface area contributed by atoms with Crippen LogP contribution in [0.3, 0.4) is 0 Å². The number of hydrogen-bond acceptors (Lipinski definition) is 4. The van der Waals surface area contributed by atoms with E-state index in [1.165, 1.54) is 4.90 Å². The topological polar surface area (TPSA) is 66.7 Å². The fourth-order valence-electron chi connectivity index (χ4n) is 2.87. The quantitative estimate of drug-likeness (QED) is 0.604. The molecule has 3 rings (SSSR count). The van der Waals surface area contributed by atoms with Gasteiger partial charge in [-0.25, -0.2) is 0 Å². The first-order valence-corrected chi connectivity index (χ1v) is 9.59. The Kier molecular flexibility index (Phi) is 6.34. The maximum atomic E-state index is 12.9. The minimum Gasteiger partial charge on any atom is -0.355 e. The molecule has 3 aromatic rings. The summed E-state index contributed by atoms with van der Waals surface area (Å²) in [5.41, 5.74) is 2.53. The zero-order valence-corrected chi connectivity index (χ0v) is 17.3. The van der Waals surface area contributed by atoms with Gasteiger partial charge in [0.1, 0.15) is 0 Å². The molecule has 0 spiro atoms. The molecule has 0 fully saturated rings. The van der Waals surface area contributed by atoms with Gasteiger partial charge in [-0.1, -0.05) is 41.0 Å². The van der Waals surface area contributed by atoms with Crippen LogP contribution in [-0.2, 0) is 6.54 Å². The van der Waals surface area contributed by atoms with Crippen LogP contribution in [0.25, 0.3) is 11.3 Å². The highest BCUT2D eigenvalue weighted by molar-refractivity contribution is 6.30. The number of rotatable bonds is 6. The lowest BCUT2D eigenvalue weighted by Crippen LogP contribution is -2.30. The van der Waals surface area contributed by atoms with Crippen LogP contribution >= 0.6 is 11.6 Å². The Morgan fingerprint density at radius 3 is 2.38 bits per heavy atom. The van der Waals surface area contributed by atoms with Crippen LogP contribution in [0, 0.1) is 0 Å². The summed E-state index contributed by atoms with van der Waals surface area (Å²) in [5, 5.41) is 4.51. The van der Waals surface area contributed by atoms with Gasteiger partial charge in [-0.2, -0.15) is 0 Å². The Morgan fingerprint density at radius 2 is 1.76 bits per heavy atom. The fourth-order valence-corrected chi connectivity index (χ4v) is 3.06. The standard InChI is InChI=1S/C22H22ClN3O3/c1-4-26(14-15-8-10-16(11-9-15)21(27)25(2)3)22(28)19-13-20(29-24-19)17-6-5-7-18(23)12-17/h5-13H,4,14H2,1-3H3. The third-order valence-electron chi connectivity index (χ3n) is 4.49. The maximum absolute atomic E-state index is 12.9. The van der Waals surface area contributed by atoms with Gasteiger partial charge < -0.3 is 14.3 Å². The van der Waals surface area contributed by atoms with Gasteiger partial charge in [-0.3, -0.25) is 9.59 Å². The monoisotopic (exact) mass is 411 g/mol. The first kappa shape index (κ1) is 20.6. The molecule has 150 valence electrons. The van der Waals surface area contributed by atoms with Gasteiger partial charge in [0.15, 0.2) is 11.5 Å². The molecule has 0 saturated carbocycles. The van der Waals surface area contributed by atoms with E-state index in [1.807, 2.05) is 31.2 Å². The highest BCUT2D eigenvalue weighted by atomic mass is 35.5. The van der Waals surface area contributed by atoms with Crippen LogP contribution < -0.4 is 0 Å². The smallest absolute Gasteiger partial charge is 0.276 e. The summed E-state index contributed by atoms with van der Waals surface area (Å²) in [6.45, 7) is 2.82. The third kappa shape index (κ3) is 4.84. The summed E-state index contributed by atoms with van der Waals surface area (Å²) in [6, 6.07) is 16.0. The Hall–Kier alpha value is -3.12. The number of hydrogen-bond donors (Lipinski definition) is 0. The number of amides is 2. The van der Waals surface area contributed by atoms with Crippen molar-refractivity contribution in [3.05, 3.63) is 76.4 Å². The van der Waals surface area contributed by atoms with E-state index in [0.29, 0.717) is 29.4 Å². The molecule has 2 amide bonds. The van der Waals surface area contributed by atoms with Gasteiger partial charge in [0.05, 0.1) is 0 Å². The van der Waals surface area contributed by atoms with E-state index < -0.39 is 0 Å². The summed E-state index contributed by atoms with van der Waals surface area (Å²) in [4.78, 5) is 28.1. The summed E-state index contributed by atoms with van der Waals surface area (Å²) in [6.07, 6.45) is 0. The molecule has 7 heteroatoms. The van der Waals surface area contributed by atoms with Crippen LogP contribution in [0.4, 0.5) is 0 Å². The predicted octanol–water partition coefficient (Wildman–Crippen LogP) is 4.36. The van der Waals surface area contributed by atoms with Crippen molar-refractivity contribution in [3.63, 3.8) is 0 Å². The third-order valence-corrected chi connectivity index (χ3v) is 4.72. The van der Waals surface area contributed by atoms with E-state index in [2.05, 4.69) is 5.16 Å². The normalized spacial score (nSPS) is 10.6. The average molecular weight is 412 g/mol. The van der Waals surface area contributed by atoms with Crippen molar-refractivity contribution >= 4 is 23.4 Å².